The van der Waals surface area contributed by atoms with Crippen molar-refractivity contribution < 1.29 is 23.8 Å². The van der Waals surface area contributed by atoms with Crippen molar-refractivity contribution in [1.82, 2.24) is 0 Å². The molecular weight excluding hydrogens is 349 g/mol. The molecule has 3 rings (SSSR count). The van der Waals surface area contributed by atoms with Gasteiger partial charge in [0.2, 0.25) is 0 Å². The summed E-state index contributed by atoms with van der Waals surface area (Å²) in [5.41, 5.74) is 0.978. The number of carboxylic acid groups (broad SMARTS) is 1. The number of aryl methyl sites for hydroxylation is 1. The molecule has 5 nitrogen and oxygen atoms in total. The van der Waals surface area contributed by atoms with Crippen LogP contribution in [-0.2, 0) is 11.2 Å². The Labute approximate surface area is 149 Å². The van der Waals surface area contributed by atoms with Gasteiger partial charge in [0.05, 0.1) is 6.54 Å². The Bertz CT molecular complexity index is 784. The third-order valence-corrected chi connectivity index (χ3v) is 4.05. The van der Waals surface area contributed by atoms with E-state index in [1.54, 1.807) is 30.3 Å². The van der Waals surface area contributed by atoms with Crippen molar-refractivity contribution in [2.75, 3.05) is 18.5 Å². The highest BCUT2D eigenvalue weighted by Crippen LogP contribution is 2.34. The molecule has 25 heavy (non-hydrogen) atoms. The monoisotopic (exact) mass is 365 g/mol. The number of carboxylic acids is 1. The number of hydrogen-bond donors (Lipinski definition) is 2. The van der Waals surface area contributed by atoms with Crippen LogP contribution < -0.4 is 14.8 Å². The fourth-order valence-corrected chi connectivity index (χ4v) is 2.69. The van der Waals surface area contributed by atoms with E-state index < -0.39 is 11.8 Å². The van der Waals surface area contributed by atoms with Crippen LogP contribution in [0.25, 0.3) is 0 Å². The minimum Gasteiger partial charge on any atom is -0.486 e. The van der Waals surface area contributed by atoms with Crippen LogP contribution in [0.4, 0.5) is 10.1 Å². The van der Waals surface area contributed by atoms with Crippen molar-refractivity contribution >= 4 is 23.3 Å². The van der Waals surface area contributed by atoms with Gasteiger partial charge in [0.15, 0.2) is 11.5 Å². The Balaban J connectivity index is 1.57. The zero-order chi connectivity index (χ0) is 17.8. The summed E-state index contributed by atoms with van der Waals surface area (Å²) in [6.45, 7) is 0.806. The van der Waals surface area contributed by atoms with E-state index >= 15 is 0 Å². The van der Waals surface area contributed by atoms with Crippen LogP contribution in [0.15, 0.2) is 36.4 Å². The normalized spacial score (nSPS) is 15.7. The number of aliphatic carboxylic acids is 1. The molecule has 132 valence electrons. The number of hydrogen-bond acceptors (Lipinski definition) is 4. The summed E-state index contributed by atoms with van der Waals surface area (Å²) >= 11 is 5.95. The van der Waals surface area contributed by atoms with Crippen LogP contribution in [0.5, 0.6) is 11.5 Å². The second-order valence-corrected chi connectivity index (χ2v) is 6.16. The number of carbonyl (C=O) groups is 1. The minimum atomic E-state index is -0.948. The summed E-state index contributed by atoms with van der Waals surface area (Å²) in [6, 6.07) is 9.85. The van der Waals surface area contributed by atoms with Crippen molar-refractivity contribution in [3.05, 3.63) is 52.8 Å². The third-order valence-electron chi connectivity index (χ3n) is 3.82. The molecule has 0 saturated heterocycles. The first-order valence-electron chi connectivity index (χ1n) is 7.84. The third kappa shape index (κ3) is 4.54. The first-order valence-corrected chi connectivity index (χ1v) is 8.22. The maximum atomic E-state index is 14.0. The van der Waals surface area contributed by atoms with Crippen molar-refractivity contribution in [2.45, 2.75) is 18.9 Å². The second-order valence-electron chi connectivity index (χ2n) is 5.72. The van der Waals surface area contributed by atoms with Crippen LogP contribution in [-0.4, -0.2) is 30.3 Å². The maximum Gasteiger partial charge on any atom is 0.303 e. The predicted molar refractivity (Wildman–Crippen MR) is 92.2 cm³/mol. The summed E-state index contributed by atoms with van der Waals surface area (Å²) in [4.78, 5) is 10.6. The fourth-order valence-electron chi connectivity index (χ4n) is 2.52. The first-order chi connectivity index (χ1) is 12.0. The van der Waals surface area contributed by atoms with Crippen molar-refractivity contribution in [2.24, 2.45) is 0 Å². The van der Waals surface area contributed by atoms with Crippen LogP contribution in [0.3, 0.4) is 0 Å². The van der Waals surface area contributed by atoms with E-state index in [0.717, 1.165) is 0 Å². The van der Waals surface area contributed by atoms with Crippen LogP contribution >= 0.6 is 11.6 Å². The molecule has 0 amide bonds. The summed E-state index contributed by atoms with van der Waals surface area (Å²) < 4.78 is 25.4. The van der Waals surface area contributed by atoms with Crippen LogP contribution in [0.1, 0.15) is 12.0 Å². The molecule has 0 bridgehead atoms. The Morgan fingerprint density at radius 2 is 2.12 bits per heavy atom. The molecule has 0 saturated carbocycles. The Hall–Kier alpha value is -2.47. The number of ether oxygens (including phenoxy) is 2. The quantitative estimate of drug-likeness (QED) is 0.816. The highest BCUT2D eigenvalue weighted by atomic mass is 35.5. The lowest BCUT2D eigenvalue weighted by Gasteiger charge is -2.27. The zero-order valence-corrected chi connectivity index (χ0v) is 14.1. The molecule has 0 aliphatic carbocycles. The van der Waals surface area contributed by atoms with E-state index in [4.69, 9.17) is 26.2 Å². The van der Waals surface area contributed by atoms with E-state index in [1.807, 2.05) is 0 Å². The Kier molecular flexibility index (Phi) is 5.28. The number of benzene rings is 2. The molecule has 1 atom stereocenters. The number of anilines is 1. The summed E-state index contributed by atoms with van der Waals surface area (Å²) in [6.07, 6.45) is -0.169. The molecule has 0 fully saturated rings. The van der Waals surface area contributed by atoms with Gasteiger partial charge in [-0.1, -0.05) is 17.7 Å². The van der Waals surface area contributed by atoms with Gasteiger partial charge in [-0.15, -0.1) is 0 Å². The van der Waals surface area contributed by atoms with Crippen molar-refractivity contribution in [1.29, 1.82) is 0 Å². The molecule has 0 radical (unpaired) electrons. The van der Waals surface area contributed by atoms with Gasteiger partial charge in [-0.2, -0.15) is 0 Å². The first kappa shape index (κ1) is 17.4. The lowest BCUT2D eigenvalue weighted by atomic mass is 10.1. The largest absolute Gasteiger partial charge is 0.486 e. The van der Waals surface area contributed by atoms with Gasteiger partial charge >= 0.3 is 5.97 Å². The molecule has 2 aromatic rings. The molecule has 0 aromatic heterocycles. The lowest BCUT2D eigenvalue weighted by molar-refractivity contribution is -0.136. The highest BCUT2D eigenvalue weighted by Gasteiger charge is 2.21. The predicted octanol–water partition coefficient (Wildman–Crippen LogP) is 3.75. The van der Waals surface area contributed by atoms with E-state index in [0.29, 0.717) is 40.9 Å². The molecule has 0 spiro atoms. The molecule has 1 aliphatic rings. The number of halogens is 2. The van der Waals surface area contributed by atoms with Crippen molar-refractivity contribution in [3.63, 3.8) is 0 Å². The molecule has 1 unspecified atom stereocenters. The topological polar surface area (TPSA) is 67.8 Å². The van der Waals surface area contributed by atoms with Gasteiger partial charge in [-0.05, 0) is 36.2 Å². The summed E-state index contributed by atoms with van der Waals surface area (Å²) in [5.74, 6) is -0.143. The standard InChI is InChI=1S/C18H17ClFNO4/c19-12-3-5-16-17(7-12)25-14(10-24-16)9-21-13-4-1-11(15(20)8-13)2-6-18(22)23/h1,3-5,7-8,14,21H,2,6,9-10H2,(H,22,23). The average Bonchev–Trinajstić information content (AvgIpc) is 2.58. The Morgan fingerprint density at radius 3 is 2.88 bits per heavy atom. The van der Waals surface area contributed by atoms with E-state index in [-0.39, 0.29) is 18.9 Å². The minimum absolute atomic E-state index is 0.0983. The fraction of sp³-hybridized carbons (Fsp3) is 0.278. The molecule has 2 aromatic carbocycles. The van der Waals surface area contributed by atoms with Gasteiger partial charge in [0.25, 0.3) is 0 Å². The average molecular weight is 366 g/mol. The van der Waals surface area contributed by atoms with E-state index in [2.05, 4.69) is 5.32 Å². The molecule has 2 N–H and O–H groups in total. The van der Waals surface area contributed by atoms with Gasteiger partial charge < -0.3 is 19.9 Å². The summed E-state index contributed by atoms with van der Waals surface area (Å²) in [5, 5.41) is 12.3. The smallest absolute Gasteiger partial charge is 0.303 e. The molecule has 1 aliphatic heterocycles. The van der Waals surface area contributed by atoms with E-state index in [1.165, 1.54) is 6.07 Å². The summed E-state index contributed by atoms with van der Waals surface area (Å²) in [7, 11) is 0. The Morgan fingerprint density at radius 1 is 1.28 bits per heavy atom. The van der Waals surface area contributed by atoms with Gasteiger partial charge in [-0.25, -0.2) is 4.39 Å². The molecule has 1 heterocycles. The highest BCUT2D eigenvalue weighted by molar-refractivity contribution is 6.30. The van der Waals surface area contributed by atoms with E-state index in [9.17, 15) is 9.18 Å². The van der Waals surface area contributed by atoms with Gasteiger partial charge in [-0.3, -0.25) is 4.79 Å². The zero-order valence-electron chi connectivity index (χ0n) is 13.3. The van der Waals surface area contributed by atoms with Crippen LogP contribution in [0, 0.1) is 5.82 Å². The van der Waals surface area contributed by atoms with Crippen molar-refractivity contribution in [3.8, 4) is 11.5 Å². The van der Waals surface area contributed by atoms with Gasteiger partial charge in [0.1, 0.15) is 18.5 Å². The van der Waals surface area contributed by atoms with Gasteiger partial charge in [0, 0.05) is 23.2 Å². The second kappa shape index (κ2) is 7.61. The molecular formula is C18H17ClFNO4. The number of fused-ring (bicyclic) bond motifs is 1. The SMILES string of the molecule is O=C(O)CCc1ccc(NCC2COc3ccc(Cl)cc3O2)cc1F. The maximum absolute atomic E-state index is 14.0. The number of nitrogens with one attached hydrogen (secondary N) is 1. The lowest BCUT2D eigenvalue weighted by Crippen LogP contribution is -2.35. The number of rotatable bonds is 6. The molecule has 7 heteroatoms. The van der Waals surface area contributed by atoms with Crippen LogP contribution in [0.2, 0.25) is 5.02 Å².